The highest BCUT2D eigenvalue weighted by molar-refractivity contribution is 7.99. The number of hydrogen-bond donors (Lipinski definition) is 2. The SMILES string of the molecule is CN1C[C@H]2CNC[C@@]2(C(=O)NCCCSc2ccc(Cl)cc2)C1.Cl.Cl. The van der Waals surface area contributed by atoms with Gasteiger partial charge >= 0.3 is 0 Å². The number of rotatable bonds is 6. The van der Waals surface area contributed by atoms with E-state index >= 15 is 0 Å². The van der Waals surface area contributed by atoms with Gasteiger partial charge in [0.15, 0.2) is 0 Å². The van der Waals surface area contributed by atoms with Gasteiger partial charge in [0, 0.05) is 48.6 Å². The van der Waals surface area contributed by atoms with E-state index in [1.165, 1.54) is 4.90 Å². The van der Waals surface area contributed by atoms with Crippen molar-refractivity contribution in [1.82, 2.24) is 15.5 Å². The third kappa shape index (κ3) is 5.41. The molecule has 0 radical (unpaired) electrons. The number of thioether (sulfide) groups is 1. The summed E-state index contributed by atoms with van der Waals surface area (Å²) in [5.41, 5.74) is -0.210. The highest BCUT2D eigenvalue weighted by atomic mass is 35.5. The maximum atomic E-state index is 12.7. The van der Waals surface area contributed by atoms with E-state index in [-0.39, 0.29) is 36.1 Å². The summed E-state index contributed by atoms with van der Waals surface area (Å²) in [6, 6.07) is 7.89. The van der Waals surface area contributed by atoms with E-state index < -0.39 is 0 Å². The van der Waals surface area contributed by atoms with Crippen molar-refractivity contribution in [3.63, 3.8) is 0 Å². The summed E-state index contributed by atoms with van der Waals surface area (Å²) in [7, 11) is 2.11. The fourth-order valence-corrected chi connectivity index (χ4v) is 4.64. The van der Waals surface area contributed by atoms with Crippen LogP contribution in [-0.4, -0.2) is 56.3 Å². The van der Waals surface area contributed by atoms with Crippen LogP contribution in [-0.2, 0) is 4.79 Å². The van der Waals surface area contributed by atoms with Gasteiger partial charge in [-0.25, -0.2) is 0 Å². The Kier molecular flexibility index (Phi) is 9.37. The Bertz CT molecular complexity index is 561. The molecule has 2 heterocycles. The second-order valence-electron chi connectivity index (χ2n) is 6.59. The van der Waals surface area contributed by atoms with Crippen molar-refractivity contribution in [2.24, 2.45) is 11.3 Å². The van der Waals surface area contributed by atoms with Gasteiger partial charge in [0.2, 0.25) is 5.91 Å². The Balaban J connectivity index is 0.00000156. The second-order valence-corrected chi connectivity index (χ2v) is 8.20. The number of benzene rings is 1. The normalized spacial score (nSPS) is 25.0. The number of nitrogens with one attached hydrogen (secondary N) is 2. The van der Waals surface area contributed by atoms with Crippen LogP contribution in [0.15, 0.2) is 29.2 Å². The van der Waals surface area contributed by atoms with Crippen LogP contribution in [0, 0.1) is 11.3 Å². The highest BCUT2D eigenvalue weighted by Crippen LogP contribution is 2.38. The van der Waals surface area contributed by atoms with E-state index in [9.17, 15) is 4.79 Å². The summed E-state index contributed by atoms with van der Waals surface area (Å²) in [5.74, 6) is 1.68. The number of halogens is 3. The number of carbonyl (C=O) groups is 1. The standard InChI is InChI=1S/C17H24ClN3OS.2ClH/c1-21-10-13-9-19-11-17(13,12-21)16(22)20-7-2-8-23-15-5-3-14(18)4-6-15;;/h3-6,13,19H,2,7-12H2,1H3,(H,20,22);2*1H/t13-,17-;;/m1../s1. The number of likely N-dealkylation sites (tertiary alicyclic amines) is 1. The minimum atomic E-state index is -0.210. The van der Waals surface area contributed by atoms with Crippen LogP contribution < -0.4 is 10.6 Å². The lowest BCUT2D eigenvalue weighted by Gasteiger charge is -2.26. The molecule has 142 valence electrons. The topological polar surface area (TPSA) is 44.4 Å². The molecular weight excluding hydrogens is 401 g/mol. The fraction of sp³-hybridized carbons (Fsp3) is 0.588. The Hall–Kier alpha value is -0.170. The molecule has 0 aliphatic carbocycles. The molecule has 0 aromatic heterocycles. The Labute approximate surface area is 171 Å². The van der Waals surface area contributed by atoms with E-state index in [1.807, 2.05) is 24.3 Å². The highest BCUT2D eigenvalue weighted by Gasteiger charge is 2.53. The van der Waals surface area contributed by atoms with Gasteiger partial charge in [0.25, 0.3) is 0 Å². The Morgan fingerprint density at radius 1 is 1.40 bits per heavy atom. The van der Waals surface area contributed by atoms with Crippen molar-refractivity contribution < 1.29 is 4.79 Å². The summed E-state index contributed by atoms with van der Waals surface area (Å²) >= 11 is 7.68. The molecule has 2 N–H and O–H groups in total. The summed E-state index contributed by atoms with van der Waals surface area (Å²) in [6.45, 7) is 4.41. The van der Waals surface area contributed by atoms with E-state index in [1.54, 1.807) is 11.8 Å². The third-order valence-electron chi connectivity index (χ3n) is 4.84. The second kappa shape index (κ2) is 10.2. The molecule has 8 heteroatoms. The summed E-state index contributed by atoms with van der Waals surface area (Å²) in [4.78, 5) is 16.2. The van der Waals surface area contributed by atoms with E-state index in [0.717, 1.165) is 49.9 Å². The van der Waals surface area contributed by atoms with Crippen LogP contribution in [0.25, 0.3) is 0 Å². The van der Waals surface area contributed by atoms with Crippen molar-refractivity contribution in [2.45, 2.75) is 11.3 Å². The fourth-order valence-electron chi connectivity index (χ4n) is 3.66. The third-order valence-corrected chi connectivity index (χ3v) is 6.19. The quantitative estimate of drug-likeness (QED) is 0.542. The van der Waals surface area contributed by atoms with Gasteiger partial charge in [-0.15, -0.1) is 36.6 Å². The largest absolute Gasteiger partial charge is 0.355 e. The molecule has 25 heavy (non-hydrogen) atoms. The zero-order valence-corrected chi connectivity index (χ0v) is 17.5. The lowest BCUT2D eigenvalue weighted by atomic mass is 9.80. The molecule has 2 saturated heterocycles. The van der Waals surface area contributed by atoms with Crippen LogP contribution in [0.4, 0.5) is 0 Å². The van der Waals surface area contributed by atoms with Crippen molar-refractivity contribution in [3.8, 4) is 0 Å². The van der Waals surface area contributed by atoms with Crippen molar-refractivity contribution in [3.05, 3.63) is 29.3 Å². The molecule has 0 saturated carbocycles. The van der Waals surface area contributed by atoms with Crippen LogP contribution in [0.2, 0.25) is 5.02 Å². The number of amides is 1. The molecule has 2 aliphatic heterocycles. The Morgan fingerprint density at radius 3 is 2.84 bits per heavy atom. The van der Waals surface area contributed by atoms with Crippen LogP contribution in [0.3, 0.4) is 0 Å². The molecule has 1 amide bonds. The molecule has 2 aliphatic rings. The zero-order valence-electron chi connectivity index (χ0n) is 14.3. The molecule has 2 fully saturated rings. The van der Waals surface area contributed by atoms with Crippen LogP contribution >= 0.6 is 48.2 Å². The van der Waals surface area contributed by atoms with Crippen LogP contribution in [0.1, 0.15) is 6.42 Å². The molecule has 4 nitrogen and oxygen atoms in total. The van der Waals surface area contributed by atoms with Crippen LogP contribution in [0.5, 0.6) is 0 Å². The first-order valence-electron chi connectivity index (χ1n) is 8.16. The monoisotopic (exact) mass is 425 g/mol. The number of nitrogens with zero attached hydrogens (tertiary/aromatic N) is 1. The average Bonchev–Trinajstić information content (AvgIpc) is 3.05. The van der Waals surface area contributed by atoms with E-state index in [2.05, 4.69) is 22.6 Å². The maximum Gasteiger partial charge on any atom is 0.229 e. The predicted molar refractivity (Wildman–Crippen MR) is 111 cm³/mol. The van der Waals surface area contributed by atoms with E-state index in [0.29, 0.717) is 5.92 Å². The van der Waals surface area contributed by atoms with Crippen molar-refractivity contribution in [2.75, 3.05) is 45.5 Å². The molecule has 0 unspecified atom stereocenters. The van der Waals surface area contributed by atoms with Crippen molar-refractivity contribution in [1.29, 1.82) is 0 Å². The lowest BCUT2D eigenvalue weighted by Crippen LogP contribution is -2.47. The number of fused-ring (bicyclic) bond motifs is 1. The molecule has 0 bridgehead atoms. The Morgan fingerprint density at radius 2 is 2.12 bits per heavy atom. The van der Waals surface area contributed by atoms with Gasteiger partial charge in [-0.2, -0.15) is 0 Å². The first-order chi connectivity index (χ1) is 11.1. The first-order valence-corrected chi connectivity index (χ1v) is 9.52. The van der Waals surface area contributed by atoms with Gasteiger partial charge < -0.3 is 15.5 Å². The summed E-state index contributed by atoms with van der Waals surface area (Å²) in [5, 5.41) is 7.32. The van der Waals surface area contributed by atoms with Gasteiger partial charge in [-0.05, 0) is 43.5 Å². The number of hydrogen-bond acceptors (Lipinski definition) is 4. The summed E-state index contributed by atoms with van der Waals surface area (Å²) in [6.07, 6.45) is 0.975. The molecular formula is C17H26Cl3N3OS. The van der Waals surface area contributed by atoms with Gasteiger partial charge in [-0.1, -0.05) is 11.6 Å². The first kappa shape index (κ1) is 22.9. The van der Waals surface area contributed by atoms with Gasteiger partial charge in [-0.3, -0.25) is 4.79 Å². The molecule has 1 aromatic carbocycles. The van der Waals surface area contributed by atoms with Gasteiger partial charge in [0.05, 0.1) is 5.41 Å². The lowest BCUT2D eigenvalue weighted by molar-refractivity contribution is -0.130. The smallest absolute Gasteiger partial charge is 0.229 e. The predicted octanol–water partition coefficient (Wildman–Crippen LogP) is 2.93. The molecule has 2 atom stereocenters. The van der Waals surface area contributed by atoms with E-state index in [4.69, 9.17) is 11.6 Å². The van der Waals surface area contributed by atoms with Crippen molar-refractivity contribution >= 4 is 54.1 Å². The maximum absolute atomic E-state index is 12.7. The summed E-state index contributed by atoms with van der Waals surface area (Å²) < 4.78 is 0. The minimum absolute atomic E-state index is 0. The zero-order chi connectivity index (χ0) is 16.3. The molecule has 0 spiro atoms. The number of carbonyl (C=O) groups excluding carboxylic acids is 1. The molecule has 1 aromatic rings. The average molecular weight is 427 g/mol. The molecule has 3 rings (SSSR count). The van der Waals surface area contributed by atoms with Gasteiger partial charge in [0.1, 0.15) is 0 Å². The minimum Gasteiger partial charge on any atom is -0.355 e.